The largest absolute Gasteiger partial charge is 0.329 e. The van der Waals surface area contributed by atoms with E-state index in [1.165, 1.54) is 5.69 Å². The van der Waals surface area contributed by atoms with Crippen LogP contribution in [-0.4, -0.2) is 34.8 Å². The fourth-order valence-electron chi connectivity index (χ4n) is 1.13. The Morgan fingerprint density at radius 2 is 2.42 bits per heavy atom. The fourth-order valence-corrected chi connectivity index (χ4v) is 1.13. The van der Waals surface area contributed by atoms with Crippen molar-refractivity contribution in [2.75, 3.05) is 20.1 Å². The summed E-state index contributed by atoms with van der Waals surface area (Å²) < 4.78 is 1.88. The van der Waals surface area contributed by atoms with Crippen LogP contribution in [0.1, 0.15) is 5.69 Å². The highest BCUT2D eigenvalue weighted by Crippen LogP contribution is 1.99. The maximum atomic E-state index is 5.43. The van der Waals surface area contributed by atoms with E-state index in [1.807, 2.05) is 24.0 Å². The van der Waals surface area contributed by atoms with Crippen LogP contribution in [0.4, 0.5) is 0 Å². The van der Waals surface area contributed by atoms with E-state index in [9.17, 15) is 0 Å². The molecule has 12 heavy (non-hydrogen) atoms. The highest BCUT2D eigenvalue weighted by atomic mass is 15.3. The SMILES string of the molecule is CN(CCN)Cc1ccnn1C. The van der Waals surface area contributed by atoms with Crippen molar-refractivity contribution in [1.82, 2.24) is 14.7 Å². The van der Waals surface area contributed by atoms with Crippen molar-refractivity contribution in [2.24, 2.45) is 12.8 Å². The molecule has 0 bridgehead atoms. The lowest BCUT2D eigenvalue weighted by molar-refractivity contribution is 0.326. The number of hydrogen-bond acceptors (Lipinski definition) is 3. The van der Waals surface area contributed by atoms with Crippen LogP contribution in [0, 0.1) is 0 Å². The standard InChI is InChI=1S/C8H16N4/c1-11(6-4-9)7-8-3-5-10-12(8)2/h3,5H,4,6-7,9H2,1-2H3. The lowest BCUT2D eigenvalue weighted by Crippen LogP contribution is -2.25. The number of nitrogens with zero attached hydrogens (tertiary/aromatic N) is 3. The van der Waals surface area contributed by atoms with Crippen molar-refractivity contribution < 1.29 is 0 Å². The highest BCUT2D eigenvalue weighted by Gasteiger charge is 2.01. The molecule has 0 spiro atoms. The second-order valence-electron chi connectivity index (χ2n) is 2.97. The predicted octanol–water partition coefficient (Wildman–Crippen LogP) is -0.189. The van der Waals surface area contributed by atoms with Gasteiger partial charge in [-0.2, -0.15) is 5.10 Å². The Morgan fingerprint density at radius 1 is 1.67 bits per heavy atom. The van der Waals surface area contributed by atoms with E-state index < -0.39 is 0 Å². The van der Waals surface area contributed by atoms with Crippen molar-refractivity contribution >= 4 is 0 Å². The molecule has 0 radical (unpaired) electrons. The number of aryl methyl sites for hydroxylation is 1. The molecular formula is C8H16N4. The quantitative estimate of drug-likeness (QED) is 0.678. The van der Waals surface area contributed by atoms with Gasteiger partial charge >= 0.3 is 0 Å². The molecule has 4 nitrogen and oxygen atoms in total. The van der Waals surface area contributed by atoms with Crippen LogP contribution in [0.15, 0.2) is 12.3 Å². The summed E-state index contributed by atoms with van der Waals surface area (Å²) in [5, 5.41) is 4.09. The van der Waals surface area contributed by atoms with E-state index in [1.54, 1.807) is 0 Å². The Bertz CT molecular complexity index is 231. The Labute approximate surface area is 73.0 Å². The maximum Gasteiger partial charge on any atom is 0.0520 e. The molecule has 0 unspecified atom stereocenters. The van der Waals surface area contributed by atoms with E-state index >= 15 is 0 Å². The molecule has 0 aliphatic heterocycles. The molecule has 1 rings (SSSR count). The molecule has 2 N–H and O–H groups in total. The second-order valence-corrected chi connectivity index (χ2v) is 2.97. The first-order chi connectivity index (χ1) is 5.74. The zero-order valence-corrected chi connectivity index (χ0v) is 7.70. The number of hydrogen-bond donors (Lipinski definition) is 1. The Morgan fingerprint density at radius 3 is 2.92 bits per heavy atom. The monoisotopic (exact) mass is 168 g/mol. The molecule has 1 aromatic heterocycles. The summed E-state index contributed by atoms with van der Waals surface area (Å²) >= 11 is 0. The van der Waals surface area contributed by atoms with Gasteiger partial charge in [0.05, 0.1) is 5.69 Å². The summed E-state index contributed by atoms with van der Waals surface area (Å²) in [7, 11) is 4.01. The minimum Gasteiger partial charge on any atom is -0.329 e. The van der Waals surface area contributed by atoms with Gasteiger partial charge in [-0.3, -0.25) is 9.58 Å². The van der Waals surface area contributed by atoms with Crippen molar-refractivity contribution in [2.45, 2.75) is 6.54 Å². The smallest absolute Gasteiger partial charge is 0.0520 e. The van der Waals surface area contributed by atoms with Gasteiger partial charge < -0.3 is 5.73 Å². The van der Waals surface area contributed by atoms with Crippen molar-refractivity contribution in [1.29, 1.82) is 0 Å². The van der Waals surface area contributed by atoms with Gasteiger partial charge in [-0.05, 0) is 13.1 Å². The van der Waals surface area contributed by atoms with E-state index in [-0.39, 0.29) is 0 Å². The van der Waals surface area contributed by atoms with Crippen molar-refractivity contribution in [3.63, 3.8) is 0 Å². The average molecular weight is 168 g/mol. The lowest BCUT2D eigenvalue weighted by atomic mass is 10.4. The molecule has 68 valence electrons. The zero-order chi connectivity index (χ0) is 8.97. The van der Waals surface area contributed by atoms with Crippen LogP contribution in [0.2, 0.25) is 0 Å². The number of rotatable bonds is 4. The van der Waals surface area contributed by atoms with Crippen LogP contribution < -0.4 is 5.73 Å². The van der Waals surface area contributed by atoms with E-state index in [0.717, 1.165) is 13.1 Å². The van der Waals surface area contributed by atoms with E-state index in [2.05, 4.69) is 17.0 Å². The number of likely N-dealkylation sites (N-methyl/N-ethyl adjacent to an activating group) is 1. The lowest BCUT2D eigenvalue weighted by Gasteiger charge is -2.14. The zero-order valence-electron chi connectivity index (χ0n) is 7.70. The second kappa shape index (κ2) is 4.23. The molecule has 0 atom stereocenters. The molecule has 4 heteroatoms. The first kappa shape index (κ1) is 9.22. The van der Waals surface area contributed by atoms with Crippen LogP contribution in [0.25, 0.3) is 0 Å². The van der Waals surface area contributed by atoms with E-state index in [0.29, 0.717) is 6.54 Å². The molecule has 0 amide bonds. The van der Waals surface area contributed by atoms with E-state index in [4.69, 9.17) is 5.73 Å². The third-order valence-electron chi connectivity index (χ3n) is 1.87. The Hall–Kier alpha value is -0.870. The molecule has 0 saturated carbocycles. The fraction of sp³-hybridized carbons (Fsp3) is 0.625. The van der Waals surface area contributed by atoms with Crippen LogP contribution >= 0.6 is 0 Å². The van der Waals surface area contributed by atoms with Crippen LogP contribution in [0.5, 0.6) is 0 Å². The maximum absolute atomic E-state index is 5.43. The van der Waals surface area contributed by atoms with Gasteiger partial charge in [0.2, 0.25) is 0 Å². The molecule has 1 aromatic rings. The summed E-state index contributed by atoms with van der Waals surface area (Å²) in [5.41, 5.74) is 6.65. The highest BCUT2D eigenvalue weighted by molar-refractivity contribution is 4.99. The van der Waals surface area contributed by atoms with Gasteiger partial charge in [0.25, 0.3) is 0 Å². The van der Waals surface area contributed by atoms with Gasteiger partial charge in [0, 0.05) is 32.9 Å². The molecule has 0 aromatic carbocycles. The molecule has 0 aliphatic rings. The Balaban J connectivity index is 2.46. The summed E-state index contributed by atoms with van der Waals surface area (Å²) in [6.07, 6.45) is 1.81. The van der Waals surface area contributed by atoms with Crippen molar-refractivity contribution in [3.05, 3.63) is 18.0 Å². The van der Waals surface area contributed by atoms with Gasteiger partial charge in [-0.15, -0.1) is 0 Å². The average Bonchev–Trinajstić information content (AvgIpc) is 2.37. The van der Waals surface area contributed by atoms with Crippen molar-refractivity contribution in [3.8, 4) is 0 Å². The summed E-state index contributed by atoms with van der Waals surface area (Å²) in [6.45, 7) is 2.53. The minimum absolute atomic E-state index is 0.703. The molecule has 0 aliphatic carbocycles. The molecule has 0 fully saturated rings. The number of aromatic nitrogens is 2. The van der Waals surface area contributed by atoms with Gasteiger partial charge in [0.15, 0.2) is 0 Å². The molecule has 0 saturated heterocycles. The molecular weight excluding hydrogens is 152 g/mol. The third-order valence-corrected chi connectivity index (χ3v) is 1.87. The third kappa shape index (κ3) is 2.32. The van der Waals surface area contributed by atoms with Gasteiger partial charge in [-0.25, -0.2) is 0 Å². The normalized spacial score (nSPS) is 11.0. The van der Waals surface area contributed by atoms with Crippen LogP contribution in [0.3, 0.4) is 0 Å². The first-order valence-electron chi connectivity index (χ1n) is 4.09. The topological polar surface area (TPSA) is 47.1 Å². The summed E-state index contributed by atoms with van der Waals surface area (Å²) in [5.74, 6) is 0. The summed E-state index contributed by atoms with van der Waals surface area (Å²) in [4.78, 5) is 2.18. The minimum atomic E-state index is 0.703. The van der Waals surface area contributed by atoms with Gasteiger partial charge in [-0.1, -0.05) is 0 Å². The number of nitrogens with two attached hydrogens (primary N) is 1. The predicted molar refractivity (Wildman–Crippen MR) is 48.6 cm³/mol. The Kier molecular flexibility index (Phi) is 3.25. The first-order valence-corrected chi connectivity index (χ1v) is 4.09. The summed E-state index contributed by atoms with van der Waals surface area (Å²) in [6, 6.07) is 2.02. The van der Waals surface area contributed by atoms with Crippen LogP contribution in [-0.2, 0) is 13.6 Å². The van der Waals surface area contributed by atoms with Gasteiger partial charge in [0.1, 0.15) is 0 Å². The molecule has 1 heterocycles.